The fourth-order valence-corrected chi connectivity index (χ4v) is 2.54. The van der Waals surface area contributed by atoms with Crippen LogP contribution >= 0.6 is 25.3 Å². The molecule has 0 fully saturated rings. The molecule has 0 aliphatic carbocycles. The number of nitrogens with two attached hydrogens (primary N) is 1. The monoisotopic (exact) mass is 365 g/mol. The predicted molar refractivity (Wildman–Crippen MR) is 95.8 cm³/mol. The number of thiol groups is 2. The fraction of sp³-hybridized carbons (Fsp3) is 0.786. The molecule has 0 rings (SSSR count). The third kappa shape index (κ3) is 8.47. The summed E-state index contributed by atoms with van der Waals surface area (Å²) in [5.74, 6) is -1.89. The van der Waals surface area contributed by atoms with Crippen LogP contribution in [0.5, 0.6) is 0 Å². The Hall–Kier alpha value is -0.930. The summed E-state index contributed by atoms with van der Waals surface area (Å²) in [6.45, 7) is 3.39. The van der Waals surface area contributed by atoms with Crippen molar-refractivity contribution in [2.24, 2.45) is 17.6 Å². The number of carboxylic acids is 1. The third-order valence-corrected chi connectivity index (χ3v) is 4.16. The van der Waals surface area contributed by atoms with E-state index in [1.54, 1.807) is 13.8 Å². The van der Waals surface area contributed by atoms with Crippen molar-refractivity contribution in [1.29, 1.82) is 0 Å². The van der Waals surface area contributed by atoms with Crippen molar-refractivity contribution in [3.8, 4) is 0 Å². The van der Waals surface area contributed by atoms with Crippen LogP contribution < -0.4 is 16.4 Å². The molecule has 23 heavy (non-hydrogen) atoms. The van der Waals surface area contributed by atoms with Crippen LogP contribution in [0.15, 0.2) is 0 Å². The van der Waals surface area contributed by atoms with Gasteiger partial charge in [-0.05, 0) is 18.1 Å². The lowest BCUT2D eigenvalue weighted by molar-refractivity contribution is -0.145. The van der Waals surface area contributed by atoms with E-state index in [0.717, 1.165) is 0 Å². The molecule has 2 amide bonds. The first-order valence-corrected chi connectivity index (χ1v) is 8.77. The van der Waals surface area contributed by atoms with Crippen molar-refractivity contribution in [2.75, 3.05) is 18.1 Å². The summed E-state index contributed by atoms with van der Waals surface area (Å²) < 4.78 is 0. The van der Waals surface area contributed by atoms with E-state index < -0.39 is 29.7 Å². The number of hydrogen-bond donors (Lipinski definition) is 6. The number of aliphatic carboxylic acids is 1. The van der Waals surface area contributed by atoms with Crippen LogP contribution in [-0.2, 0) is 14.4 Å². The summed E-state index contributed by atoms with van der Waals surface area (Å²) in [6, 6.07) is -1.05. The van der Waals surface area contributed by atoms with Gasteiger partial charge in [0.15, 0.2) is 0 Å². The van der Waals surface area contributed by atoms with Crippen molar-refractivity contribution < 1.29 is 19.5 Å². The van der Waals surface area contributed by atoms with E-state index in [0.29, 0.717) is 17.9 Å². The van der Waals surface area contributed by atoms with Gasteiger partial charge in [-0.15, -0.1) is 0 Å². The Morgan fingerprint density at radius 1 is 1.17 bits per heavy atom. The van der Waals surface area contributed by atoms with Crippen molar-refractivity contribution in [1.82, 2.24) is 10.6 Å². The molecule has 134 valence electrons. The van der Waals surface area contributed by atoms with Gasteiger partial charge in [0.05, 0.1) is 5.92 Å². The molecule has 3 unspecified atom stereocenters. The first-order chi connectivity index (χ1) is 10.8. The highest BCUT2D eigenvalue weighted by molar-refractivity contribution is 7.80. The van der Waals surface area contributed by atoms with E-state index in [1.165, 1.54) is 0 Å². The molecule has 9 heteroatoms. The first-order valence-electron chi connectivity index (χ1n) is 7.51. The van der Waals surface area contributed by atoms with E-state index >= 15 is 0 Å². The predicted octanol–water partition coefficient (Wildman–Crippen LogP) is -0.0887. The summed E-state index contributed by atoms with van der Waals surface area (Å²) in [5.41, 5.74) is 5.54. The Balaban J connectivity index is 4.64. The van der Waals surface area contributed by atoms with Crippen molar-refractivity contribution in [2.45, 2.75) is 38.8 Å². The minimum absolute atomic E-state index is 0.0723. The van der Waals surface area contributed by atoms with E-state index in [2.05, 4.69) is 35.9 Å². The Morgan fingerprint density at radius 2 is 1.78 bits per heavy atom. The van der Waals surface area contributed by atoms with Gasteiger partial charge >= 0.3 is 5.97 Å². The Morgan fingerprint density at radius 3 is 2.17 bits per heavy atom. The maximum absolute atomic E-state index is 12.1. The number of nitrogens with one attached hydrogen (secondary N) is 2. The molecular weight excluding hydrogens is 338 g/mol. The van der Waals surface area contributed by atoms with Gasteiger partial charge < -0.3 is 21.5 Å². The zero-order chi connectivity index (χ0) is 18.0. The Bertz CT molecular complexity index is 407. The van der Waals surface area contributed by atoms with Gasteiger partial charge in [0.1, 0.15) is 6.04 Å². The molecule has 0 bridgehead atoms. The number of carbonyl (C=O) groups excluding carboxylic acids is 2. The Labute approximate surface area is 148 Å². The van der Waals surface area contributed by atoms with E-state index in [-0.39, 0.29) is 24.9 Å². The van der Waals surface area contributed by atoms with Crippen LogP contribution in [0.3, 0.4) is 0 Å². The molecule has 3 atom stereocenters. The van der Waals surface area contributed by atoms with Gasteiger partial charge in [0.2, 0.25) is 11.8 Å². The smallest absolute Gasteiger partial charge is 0.307 e. The number of carbonyl (C=O) groups is 3. The summed E-state index contributed by atoms with van der Waals surface area (Å²) in [6.07, 6.45) is 0.460. The molecular formula is C14H27N3O4S2. The second-order valence-electron chi connectivity index (χ2n) is 5.65. The number of carboxylic acid groups (broad SMARTS) is 1. The molecule has 0 spiro atoms. The van der Waals surface area contributed by atoms with Gasteiger partial charge in [-0.1, -0.05) is 13.8 Å². The molecule has 0 heterocycles. The average molecular weight is 366 g/mol. The lowest BCUT2D eigenvalue weighted by Crippen LogP contribution is -2.53. The van der Waals surface area contributed by atoms with Crippen LogP contribution in [0, 0.1) is 11.8 Å². The maximum atomic E-state index is 12.1. The third-order valence-electron chi connectivity index (χ3n) is 3.46. The summed E-state index contributed by atoms with van der Waals surface area (Å²) in [4.78, 5) is 35.2. The van der Waals surface area contributed by atoms with Gasteiger partial charge in [-0.25, -0.2) is 0 Å². The molecule has 0 saturated carbocycles. The zero-order valence-corrected chi connectivity index (χ0v) is 15.3. The summed E-state index contributed by atoms with van der Waals surface area (Å²) >= 11 is 8.26. The van der Waals surface area contributed by atoms with E-state index in [1.807, 2.05) is 0 Å². The van der Waals surface area contributed by atoms with Crippen LogP contribution in [0.2, 0.25) is 0 Å². The molecule has 0 radical (unpaired) electrons. The van der Waals surface area contributed by atoms with Crippen LogP contribution in [0.25, 0.3) is 0 Å². The van der Waals surface area contributed by atoms with Crippen molar-refractivity contribution in [3.05, 3.63) is 0 Å². The quantitative estimate of drug-likeness (QED) is 0.286. The highest BCUT2D eigenvalue weighted by atomic mass is 32.1. The molecule has 0 saturated heterocycles. The molecule has 0 aromatic heterocycles. The second kappa shape index (κ2) is 11.6. The van der Waals surface area contributed by atoms with Gasteiger partial charge in [-0.3, -0.25) is 14.4 Å². The van der Waals surface area contributed by atoms with Gasteiger partial charge in [-0.2, -0.15) is 25.3 Å². The summed E-state index contributed by atoms with van der Waals surface area (Å²) in [5, 5.41) is 14.3. The molecule has 0 aromatic rings. The topological polar surface area (TPSA) is 122 Å². The lowest BCUT2D eigenvalue weighted by atomic mass is 9.92. The van der Waals surface area contributed by atoms with Crippen LogP contribution in [0.1, 0.15) is 26.7 Å². The maximum Gasteiger partial charge on any atom is 0.307 e. The normalized spacial score (nSPS) is 14.9. The van der Waals surface area contributed by atoms with Gasteiger partial charge in [0.25, 0.3) is 0 Å². The minimum atomic E-state index is -1.03. The van der Waals surface area contributed by atoms with E-state index in [9.17, 15) is 14.4 Å². The lowest BCUT2D eigenvalue weighted by Gasteiger charge is -2.22. The van der Waals surface area contributed by atoms with E-state index in [4.69, 9.17) is 10.8 Å². The molecule has 7 nitrogen and oxygen atoms in total. The van der Waals surface area contributed by atoms with Crippen molar-refractivity contribution >= 4 is 43.0 Å². The zero-order valence-electron chi connectivity index (χ0n) is 13.5. The molecule has 0 aliphatic heterocycles. The van der Waals surface area contributed by atoms with Crippen molar-refractivity contribution in [3.63, 3.8) is 0 Å². The number of rotatable bonds is 11. The fourth-order valence-electron chi connectivity index (χ4n) is 1.96. The van der Waals surface area contributed by atoms with Gasteiger partial charge in [0, 0.05) is 24.8 Å². The highest BCUT2D eigenvalue weighted by Crippen LogP contribution is 2.15. The number of amides is 2. The Kier molecular flexibility index (Phi) is 11.1. The summed E-state index contributed by atoms with van der Waals surface area (Å²) in [7, 11) is 0. The number of hydrogen-bond acceptors (Lipinski definition) is 6. The first kappa shape index (κ1) is 22.1. The highest BCUT2D eigenvalue weighted by Gasteiger charge is 2.27. The molecule has 0 aromatic carbocycles. The largest absolute Gasteiger partial charge is 0.481 e. The van der Waals surface area contributed by atoms with Crippen LogP contribution in [0.4, 0.5) is 0 Å². The minimum Gasteiger partial charge on any atom is -0.481 e. The van der Waals surface area contributed by atoms with Crippen LogP contribution in [-0.4, -0.2) is 53.0 Å². The molecule has 5 N–H and O–H groups in total. The molecule has 0 aliphatic rings. The second-order valence-corrected chi connectivity index (χ2v) is 6.46. The SMILES string of the molecule is CC(C)C(CC(=O)NC(CN)C(=O)NC(CS)CCS)C(=O)O. The standard InChI is InChI=1S/C14H27N3O4S2/c1-8(2)10(14(20)21)5-12(18)17-11(6-15)13(19)16-9(7-23)3-4-22/h8-11,22-23H,3-7,15H2,1-2H3,(H,16,19)(H,17,18)(H,20,21). The average Bonchev–Trinajstić information content (AvgIpc) is 2.48.